The number of para-hydroxylation sites is 1. The molecule has 3 aromatic carbocycles. The van der Waals surface area contributed by atoms with Gasteiger partial charge in [-0.15, -0.1) is 0 Å². The number of halogens is 2. The molecule has 6 heteroatoms. The van der Waals surface area contributed by atoms with Crippen molar-refractivity contribution in [3.8, 4) is 16.9 Å². The van der Waals surface area contributed by atoms with Crippen LogP contribution >= 0.6 is 0 Å². The van der Waals surface area contributed by atoms with Crippen LogP contribution in [0.5, 0.6) is 0 Å². The van der Waals surface area contributed by atoms with Gasteiger partial charge in [-0.3, -0.25) is 0 Å². The van der Waals surface area contributed by atoms with Crippen LogP contribution in [-0.4, -0.2) is 19.3 Å². The van der Waals surface area contributed by atoms with Gasteiger partial charge in [-0.05, 0) is 29.8 Å². The molecule has 1 atom stereocenters. The van der Waals surface area contributed by atoms with Crippen LogP contribution in [0.2, 0.25) is 0 Å². The maximum Gasteiger partial charge on any atom is 0.148 e. The number of hydrogen-bond acceptors (Lipinski definition) is 2. The average molecular weight is 412 g/mol. The van der Waals surface area contributed by atoms with Gasteiger partial charge in [-0.1, -0.05) is 54.6 Å². The number of nitrogens with zero attached hydrogens (tertiary/aromatic N) is 4. The van der Waals surface area contributed by atoms with E-state index < -0.39 is 11.6 Å². The fraction of sp³-hybridized carbons (Fsp3) is 0.0400. The Morgan fingerprint density at radius 3 is 2.19 bits per heavy atom. The topological polar surface area (TPSA) is 35.6 Å². The van der Waals surface area contributed by atoms with E-state index in [4.69, 9.17) is 0 Å². The molecule has 1 unspecified atom stereocenters. The maximum absolute atomic E-state index is 15.0. The molecule has 0 bridgehead atoms. The maximum atomic E-state index is 15.0. The smallest absolute Gasteiger partial charge is 0.148 e. The van der Waals surface area contributed by atoms with Crippen molar-refractivity contribution in [3.05, 3.63) is 127 Å². The van der Waals surface area contributed by atoms with Gasteiger partial charge in [0.15, 0.2) is 0 Å². The molecule has 0 fully saturated rings. The molecule has 0 saturated heterocycles. The second kappa shape index (κ2) is 7.99. The van der Waals surface area contributed by atoms with E-state index in [2.05, 4.69) is 10.1 Å². The molecule has 2 heterocycles. The lowest BCUT2D eigenvalue weighted by Crippen LogP contribution is -2.12. The Balaban J connectivity index is 1.81. The summed E-state index contributed by atoms with van der Waals surface area (Å²) in [6, 6.07) is 22.3. The molecule has 0 saturated carbocycles. The standard InChI is InChI=1S/C25H18F2N4/c26-21-11-5-4-10-19(21)25-20(16-29-31(25)23-13-7-6-12-22(23)27)24(30-15-14-28-17-30)18-8-2-1-3-9-18/h1-17,24H. The van der Waals surface area contributed by atoms with Crippen molar-refractivity contribution in [2.45, 2.75) is 6.04 Å². The highest BCUT2D eigenvalue weighted by Crippen LogP contribution is 2.37. The van der Waals surface area contributed by atoms with Crippen LogP contribution in [-0.2, 0) is 0 Å². The first kappa shape index (κ1) is 18.9. The number of benzene rings is 3. The summed E-state index contributed by atoms with van der Waals surface area (Å²) in [5.41, 5.74) is 2.80. The van der Waals surface area contributed by atoms with Crippen molar-refractivity contribution in [1.82, 2.24) is 19.3 Å². The van der Waals surface area contributed by atoms with Crippen molar-refractivity contribution in [3.63, 3.8) is 0 Å². The zero-order valence-corrected chi connectivity index (χ0v) is 16.4. The second-order valence-electron chi connectivity index (χ2n) is 7.11. The monoisotopic (exact) mass is 412 g/mol. The van der Waals surface area contributed by atoms with E-state index in [-0.39, 0.29) is 11.7 Å². The lowest BCUT2D eigenvalue weighted by molar-refractivity contribution is 0.608. The Morgan fingerprint density at radius 2 is 1.48 bits per heavy atom. The van der Waals surface area contributed by atoms with Crippen molar-refractivity contribution in [2.75, 3.05) is 0 Å². The van der Waals surface area contributed by atoms with Crippen LogP contribution in [0.4, 0.5) is 8.78 Å². The number of aromatic nitrogens is 4. The van der Waals surface area contributed by atoms with E-state index in [9.17, 15) is 8.78 Å². The van der Waals surface area contributed by atoms with E-state index in [1.54, 1.807) is 55.1 Å². The predicted octanol–water partition coefficient (Wildman–Crippen LogP) is 5.65. The van der Waals surface area contributed by atoms with Gasteiger partial charge < -0.3 is 4.57 Å². The summed E-state index contributed by atoms with van der Waals surface area (Å²) in [7, 11) is 0. The molecular weight excluding hydrogens is 394 g/mol. The zero-order valence-electron chi connectivity index (χ0n) is 16.4. The third-order valence-electron chi connectivity index (χ3n) is 5.24. The van der Waals surface area contributed by atoms with Crippen LogP contribution in [0.3, 0.4) is 0 Å². The average Bonchev–Trinajstić information content (AvgIpc) is 3.47. The van der Waals surface area contributed by atoms with Crippen molar-refractivity contribution in [1.29, 1.82) is 0 Å². The summed E-state index contributed by atoms with van der Waals surface area (Å²) < 4.78 is 33.1. The highest BCUT2D eigenvalue weighted by atomic mass is 19.1. The lowest BCUT2D eigenvalue weighted by atomic mass is 9.95. The Kier molecular flexibility index (Phi) is 4.88. The highest BCUT2D eigenvalue weighted by Gasteiger charge is 2.26. The molecule has 0 spiro atoms. The second-order valence-corrected chi connectivity index (χ2v) is 7.11. The molecule has 0 N–H and O–H groups in total. The molecule has 0 aliphatic carbocycles. The third-order valence-corrected chi connectivity index (χ3v) is 5.24. The molecular formula is C25H18F2N4. The molecule has 4 nitrogen and oxygen atoms in total. The fourth-order valence-electron chi connectivity index (χ4n) is 3.86. The Bertz CT molecular complexity index is 1310. The minimum atomic E-state index is -0.436. The minimum Gasteiger partial charge on any atom is -0.326 e. The van der Waals surface area contributed by atoms with Crippen LogP contribution in [0.15, 0.2) is 104 Å². The lowest BCUT2D eigenvalue weighted by Gasteiger charge is -2.21. The molecule has 0 amide bonds. The van der Waals surface area contributed by atoms with E-state index in [1.807, 2.05) is 41.1 Å². The summed E-state index contributed by atoms with van der Waals surface area (Å²) in [5.74, 6) is -0.840. The molecule has 152 valence electrons. The Morgan fingerprint density at radius 1 is 0.774 bits per heavy atom. The van der Waals surface area contributed by atoms with Gasteiger partial charge in [0.25, 0.3) is 0 Å². The molecule has 5 rings (SSSR count). The van der Waals surface area contributed by atoms with Crippen molar-refractivity contribution in [2.24, 2.45) is 0 Å². The van der Waals surface area contributed by atoms with E-state index in [0.717, 1.165) is 11.1 Å². The number of rotatable bonds is 5. The summed E-state index contributed by atoms with van der Waals surface area (Å²) in [5, 5.41) is 4.50. The van der Waals surface area contributed by atoms with Crippen LogP contribution in [0.25, 0.3) is 16.9 Å². The predicted molar refractivity (Wildman–Crippen MR) is 115 cm³/mol. The van der Waals surface area contributed by atoms with Gasteiger partial charge in [0, 0.05) is 23.5 Å². The Labute approximate surface area is 178 Å². The Hall–Kier alpha value is -4.06. The first-order valence-corrected chi connectivity index (χ1v) is 9.84. The minimum absolute atomic E-state index is 0.254. The molecule has 0 radical (unpaired) electrons. The quantitative estimate of drug-likeness (QED) is 0.374. The van der Waals surface area contributed by atoms with Crippen LogP contribution in [0, 0.1) is 11.6 Å². The van der Waals surface area contributed by atoms with E-state index in [0.29, 0.717) is 11.3 Å². The summed E-state index contributed by atoms with van der Waals surface area (Å²) >= 11 is 0. The molecule has 31 heavy (non-hydrogen) atoms. The van der Waals surface area contributed by atoms with Gasteiger partial charge >= 0.3 is 0 Å². The summed E-state index contributed by atoms with van der Waals surface area (Å²) in [6.07, 6.45) is 6.93. The third kappa shape index (κ3) is 3.42. The molecule has 2 aromatic heterocycles. The zero-order chi connectivity index (χ0) is 21.2. The first-order valence-electron chi connectivity index (χ1n) is 9.84. The number of hydrogen-bond donors (Lipinski definition) is 0. The van der Waals surface area contributed by atoms with E-state index in [1.165, 1.54) is 16.8 Å². The SMILES string of the molecule is Fc1ccccc1-c1c(C(c2ccccc2)n2ccnc2)cnn1-c1ccccc1F. The summed E-state index contributed by atoms with van der Waals surface area (Å²) in [4.78, 5) is 4.19. The van der Waals surface area contributed by atoms with Crippen molar-refractivity contribution < 1.29 is 8.78 Å². The van der Waals surface area contributed by atoms with E-state index >= 15 is 0 Å². The normalized spacial score (nSPS) is 12.1. The van der Waals surface area contributed by atoms with Gasteiger partial charge in [0.2, 0.25) is 0 Å². The van der Waals surface area contributed by atoms with Gasteiger partial charge in [0.1, 0.15) is 17.3 Å². The van der Waals surface area contributed by atoms with Gasteiger partial charge in [0.05, 0.1) is 24.3 Å². The van der Waals surface area contributed by atoms with Crippen molar-refractivity contribution >= 4 is 0 Å². The molecule has 5 aromatic rings. The molecule has 0 aliphatic heterocycles. The largest absolute Gasteiger partial charge is 0.326 e. The van der Waals surface area contributed by atoms with Gasteiger partial charge in [-0.2, -0.15) is 5.10 Å². The number of imidazole rings is 1. The van der Waals surface area contributed by atoms with Crippen LogP contribution in [0.1, 0.15) is 17.2 Å². The molecule has 0 aliphatic rings. The van der Waals surface area contributed by atoms with Gasteiger partial charge in [-0.25, -0.2) is 18.4 Å². The summed E-state index contributed by atoms with van der Waals surface area (Å²) in [6.45, 7) is 0. The fourth-order valence-corrected chi connectivity index (χ4v) is 3.86. The highest BCUT2D eigenvalue weighted by molar-refractivity contribution is 5.68. The van der Waals surface area contributed by atoms with Crippen LogP contribution < -0.4 is 0 Å². The first-order chi connectivity index (χ1) is 15.2.